The van der Waals surface area contributed by atoms with Gasteiger partial charge in [-0.15, -0.1) is 0 Å². The molecule has 12 heteroatoms. The van der Waals surface area contributed by atoms with Crippen LogP contribution < -0.4 is 9.47 Å². The van der Waals surface area contributed by atoms with Gasteiger partial charge in [0.2, 0.25) is 0 Å². The molecule has 0 fully saturated rings. The quantitative estimate of drug-likeness (QED) is 0.125. The molecule has 0 aliphatic rings. The maximum absolute atomic E-state index is 14.9. The van der Waals surface area contributed by atoms with Gasteiger partial charge in [0.15, 0.2) is 17.5 Å². The van der Waals surface area contributed by atoms with Gasteiger partial charge in [-0.05, 0) is 53.9 Å². The molecule has 232 valence electrons. The van der Waals surface area contributed by atoms with Gasteiger partial charge in [0.25, 0.3) is 0 Å². The molecule has 0 saturated heterocycles. The molecular formula is C33H18F10O2. The molecule has 0 unspecified atom stereocenters. The van der Waals surface area contributed by atoms with Crippen LogP contribution >= 0.6 is 0 Å². The molecule has 0 aromatic heterocycles. The van der Waals surface area contributed by atoms with Crippen LogP contribution in [0.5, 0.6) is 11.5 Å². The van der Waals surface area contributed by atoms with Crippen LogP contribution in [-0.4, -0.2) is 0 Å². The first-order valence-electron chi connectivity index (χ1n) is 12.9. The zero-order valence-electron chi connectivity index (χ0n) is 22.8. The van der Waals surface area contributed by atoms with Crippen LogP contribution in [0.1, 0.15) is 16.7 Å². The number of aryl methyl sites for hydroxylation is 1. The van der Waals surface area contributed by atoms with E-state index < -0.39 is 69.7 Å². The van der Waals surface area contributed by atoms with Crippen molar-refractivity contribution >= 4 is 0 Å². The van der Waals surface area contributed by atoms with Crippen molar-refractivity contribution in [1.82, 2.24) is 0 Å². The second-order valence-electron chi connectivity index (χ2n) is 9.84. The molecular weight excluding hydrogens is 618 g/mol. The SMILES string of the molecule is Cc1ccc(-c2ccc(-c3ccc(C(F)(F)Oc4ccc(C(F)(F)Oc5cc(F)c(F)c(F)c5)c(F)c4)c(F)c3)c(F)c2)cc1. The maximum Gasteiger partial charge on any atom is 0.429 e. The molecule has 5 aromatic rings. The third-order valence-corrected chi connectivity index (χ3v) is 6.65. The highest BCUT2D eigenvalue weighted by atomic mass is 19.3. The number of benzene rings is 5. The summed E-state index contributed by atoms with van der Waals surface area (Å²) in [5.74, 6) is -11.9. The molecule has 0 atom stereocenters. The van der Waals surface area contributed by atoms with E-state index in [1.54, 1.807) is 18.2 Å². The Morgan fingerprint density at radius 1 is 0.444 bits per heavy atom. The second kappa shape index (κ2) is 11.8. The van der Waals surface area contributed by atoms with Crippen LogP contribution in [0.25, 0.3) is 22.3 Å². The summed E-state index contributed by atoms with van der Waals surface area (Å²) in [6, 6.07) is 14.8. The standard InChI is InChI=1S/C33H18F10O2/c1-17-2-4-18(5-3-17)19-6-9-23(26(34)12-19)20-7-10-24(27(35)13-20)32(40,41)44-21-8-11-25(28(36)14-21)33(42,43)45-22-15-29(37)31(39)30(38)16-22/h2-16H,1H3. The zero-order valence-corrected chi connectivity index (χ0v) is 22.8. The fourth-order valence-electron chi connectivity index (χ4n) is 4.39. The van der Waals surface area contributed by atoms with Gasteiger partial charge < -0.3 is 9.47 Å². The van der Waals surface area contributed by atoms with Crippen molar-refractivity contribution in [1.29, 1.82) is 0 Å². The van der Waals surface area contributed by atoms with Crippen molar-refractivity contribution in [2.45, 2.75) is 19.1 Å². The summed E-state index contributed by atoms with van der Waals surface area (Å²) in [6.07, 6.45) is -9.05. The van der Waals surface area contributed by atoms with Crippen molar-refractivity contribution < 1.29 is 53.4 Å². The van der Waals surface area contributed by atoms with E-state index in [9.17, 15) is 43.9 Å². The lowest BCUT2D eigenvalue weighted by molar-refractivity contribution is -0.189. The van der Waals surface area contributed by atoms with E-state index in [0.717, 1.165) is 17.2 Å². The van der Waals surface area contributed by atoms with Gasteiger partial charge in [0.1, 0.15) is 34.5 Å². The number of hydrogen-bond donors (Lipinski definition) is 0. The zero-order chi connectivity index (χ0) is 32.7. The Kier molecular flexibility index (Phi) is 8.26. The van der Waals surface area contributed by atoms with E-state index in [0.29, 0.717) is 29.8 Å². The van der Waals surface area contributed by atoms with Gasteiger partial charge >= 0.3 is 12.2 Å². The molecule has 45 heavy (non-hydrogen) atoms. The van der Waals surface area contributed by atoms with Crippen molar-refractivity contribution in [3.63, 3.8) is 0 Å². The summed E-state index contributed by atoms with van der Waals surface area (Å²) < 4.78 is 152. The van der Waals surface area contributed by atoms with Crippen LogP contribution in [0, 0.1) is 41.8 Å². The average Bonchev–Trinajstić information content (AvgIpc) is 2.95. The Labute approximate surface area is 249 Å². The molecule has 2 nitrogen and oxygen atoms in total. The summed E-state index contributed by atoms with van der Waals surface area (Å²) in [5, 5.41) is 0. The average molecular weight is 636 g/mol. The third-order valence-electron chi connectivity index (χ3n) is 6.65. The molecule has 0 heterocycles. The van der Waals surface area contributed by atoms with Crippen LogP contribution in [0.15, 0.2) is 91.0 Å². The van der Waals surface area contributed by atoms with E-state index >= 15 is 0 Å². The lowest BCUT2D eigenvalue weighted by Gasteiger charge is -2.21. The topological polar surface area (TPSA) is 18.5 Å². The number of halogens is 10. The predicted octanol–water partition coefficient (Wildman–Crippen LogP) is 10.4. The third kappa shape index (κ3) is 6.59. The van der Waals surface area contributed by atoms with Crippen LogP contribution in [0.4, 0.5) is 43.9 Å². The summed E-state index contributed by atoms with van der Waals surface area (Å²) in [5.41, 5.74) is -0.749. The Morgan fingerprint density at radius 2 is 0.911 bits per heavy atom. The van der Waals surface area contributed by atoms with E-state index in [1.807, 2.05) is 19.1 Å². The molecule has 0 spiro atoms. The fraction of sp³-hybridized carbons (Fsp3) is 0.0909. The Balaban J connectivity index is 1.34. The molecule has 0 amide bonds. The molecule has 0 saturated carbocycles. The Bertz CT molecular complexity index is 1870. The fourth-order valence-corrected chi connectivity index (χ4v) is 4.39. The van der Waals surface area contributed by atoms with Gasteiger partial charge in [-0.2, -0.15) is 17.6 Å². The molecule has 0 N–H and O–H groups in total. The van der Waals surface area contributed by atoms with Gasteiger partial charge in [0, 0.05) is 23.8 Å². The first-order chi connectivity index (χ1) is 21.1. The number of hydrogen-bond acceptors (Lipinski definition) is 2. The number of ether oxygens (including phenoxy) is 2. The molecule has 0 aliphatic heterocycles. The van der Waals surface area contributed by atoms with Crippen molar-refractivity contribution in [2.24, 2.45) is 0 Å². The largest absolute Gasteiger partial charge is 0.429 e. The monoisotopic (exact) mass is 636 g/mol. The molecule has 5 aromatic carbocycles. The first kappa shape index (κ1) is 31.4. The van der Waals surface area contributed by atoms with E-state index in [2.05, 4.69) is 9.47 Å². The number of alkyl halides is 4. The normalized spacial score (nSPS) is 11.9. The van der Waals surface area contributed by atoms with Crippen LogP contribution in [-0.2, 0) is 12.2 Å². The maximum atomic E-state index is 14.9. The van der Waals surface area contributed by atoms with Crippen molar-refractivity contribution in [3.05, 3.63) is 143 Å². The van der Waals surface area contributed by atoms with Crippen molar-refractivity contribution in [3.8, 4) is 33.8 Å². The Morgan fingerprint density at radius 3 is 1.47 bits per heavy atom. The minimum atomic E-state index is -4.60. The molecule has 0 radical (unpaired) electrons. The molecule has 5 rings (SSSR count). The minimum Gasteiger partial charge on any atom is -0.429 e. The Hall–Kier alpha value is -5.00. The molecule has 0 bridgehead atoms. The number of rotatable bonds is 8. The van der Waals surface area contributed by atoms with Gasteiger partial charge in [-0.1, -0.05) is 48.0 Å². The summed E-state index contributed by atoms with van der Waals surface area (Å²) in [6.45, 7) is 1.89. The van der Waals surface area contributed by atoms with Gasteiger partial charge in [0.05, 0.1) is 5.56 Å². The van der Waals surface area contributed by atoms with Gasteiger partial charge in [-0.3, -0.25) is 0 Å². The van der Waals surface area contributed by atoms with E-state index in [4.69, 9.17) is 0 Å². The van der Waals surface area contributed by atoms with E-state index in [1.165, 1.54) is 12.1 Å². The van der Waals surface area contributed by atoms with Gasteiger partial charge in [-0.25, -0.2) is 26.3 Å². The highest BCUT2D eigenvalue weighted by Crippen LogP contribution is 2.39. The smallest absolute Gasteiger partial charge is 0.429 e. The van der Waals surface area contributed by atoms with E-state index in [-0.39, 0.29) is 29.3 Å². The van der Waals surface area contributed by atoms with Crippen molar-refractivity contribution in [2.75, 3.05) is 0 Å². The highest BCUT2D eigenvalue weighted by Gasteiger charge is 2.41. The first-order valence-corrected chi connectivity index (χ1v) is 12.9. The predicted molar refractivity (Wildman–Crippen MR) is 144 cm³/mol. The summed E-state index contributed by atoms with van der Waals surface area (Å²) in [4.78, 5) is 0. The highest BCUT2D eigenvalue weighted by molar-refractivity contribution is 5.71. The minimum absolute atomic E-state index is 0.0708. The lowest BCUT2D eigenvalue weighted by Crippen LogP contribution is -2.25. The van der Waals surface area contributed by atoms with Crippen LogP contribution in [0.2, 0.25) is 0 Å². The second-order valence-corrected chi connectivity index (χ2v) is 9.84. The summed E-state index contributed by atoms with van der Waals surface area (Å²) in [7, 11) is 0. The lowest BCUT2D eigenvalue weighted by atomic mass is 9.98. The molecule has 0 aliphatic carbocycles. The van der Waals surface area contributed by atoms with Crippen LogP contribution in [0.3, 0.4) is 0 Å². The summed E-state index contributed by atoms with van der Waals surface area (Å²) >= 11 is 0.